The highest BCUT2D eigenvalue weighted by atomic mass is 79.9. The van der Waals surface area contributed by atoms with E-state index in [9.17, 15) is 0 Å². The minimum absolute atomic E-state index is 0. The number of aryl methyl sites for hydroxylation is 1. The normalized spacial score (nSPS) is 11.3. The molecule has 0 fully saturated rings. The van der Waals surface area contributed by atoms with Crippen molar-refractivity contribution in [3.8, 4) is 5.75 Å². The summed E-state index contributed by atoms with van der Waals surface area (Å²) >= 11 is 0. The van der Waals surface area contributed by atoms with Crippen LogP contribution >= 0.6 is 0 Å². The first-order valence-corrected chi connectivity index (χ1v) is 22.7. The monoisotopic (exact) mass is 782 g/mol. The number of ether oxygens (including phenoxy) is 1. The van der Waals surface area contributed by atoms with Gasteiger partial charge in [0.2, 0.25) is 0 Å². The Kier molecular flexibility index (Phi) is 35.1. The molecule has 1 aromatic heterocycles. The third-order valence-electron chi connectivity index (χ3n) is 10.8. The number of pyridine rings is 1. The lowest BCUT2D eigenvalue weighted by molar-refractivity contribution is -0.697. The predicted molar refractivity (Wildman–Crippen MR) is 227 cm³/mol. The van der Waals surface area contributed by atoms with Gasteiger partial charge in [-0.25, -0.2) is 4.57 Å². The van der Waals surface area contributed by atoms with Crippen LogP contribution in [0.1, 0.15) is 230 Å². The lowest BCUT2D eigenvalue weighted by Crippen LogP contribution is -3.00. The van der Waals surface area contributed by atoms with Crippen LogP contribution in [-0.2, 0) is 6.54 Å². The third-order valence-corrected chi connectivity index (χ3v) is 10.8. The van der Waals surface area contributed by atoms with Crippen molar-refractivity contribution >= 4 is 12.2 Å². The fourth-order valence-corrected chi connectivity index (χ4v) is 7.28. The second kappa shape index (κ2) is 37.7. The topological polar surface area (TPSA) is 13.1 Å². The van der Waals surface area contributed by atoms with E-state index in [1.807, 2.05) is 0 Å². The van der Waals surface area contributed by atoms with Gasteiger partial charge in [0.15, 0.2) is 12.4 Å². The molecule has 2 rings (SSSR count). The molecule has 2 nitrogen and oxygen atoms in total. The van der Waals surface area contributed by atoms with Crippen LogP contribution in [-0.4, -0.2) is 6.61 Å². The highest BCUT2D eigenvalue weighted by Crippen LogP contribution is 2.17. The van der Waals surface area contributed by atoms with Gasteiger partial charge in [-0.15, -0.1) is 0 Å². The Bertz CT molecular complexity index is 1020. The average Bonchev–Trinajstić information content (AvgIpc) is 3.16. The van der Waals surface area contributed by atoms with E-state index >= 15 is 0 Å². The summed E-state index contributed by atoms with van der Waals surface area (Å²) in [4.78, 5) is 0. The standard InChI is InChI=1S/C49H84NO.BrH/c1-3-5-7-9-11-13-15-17-18-19-20-21-22-23-24-26-28-30-32-34-46-51-49-39-37-47(38-40-49)35-36-48-41-44-50(45-42-48)43-33-31-29-27-25-16-14-12-10-8-6-4-2;/h35-42,44-45H,3-34,43,46H2,1-2H3;1H/q+1;/p-1. The molecule has 1 heterocycles. The van der Waals surface area contributed by atoms with Crippen molar-refractivity contribution in [2.75, 3.05) is 6.61 Å². The van der Waals surface area contributed by atoms with Crippen LogP contribution in [0.25, 0.3) is 12.2 Å². The second-order valence-corrected chi connectivity index (χ2v) is 15.7. The van der Waals surface area contributed by atoms with Crippen molar-refractivity contribution in [1.29, 1.82) is 0 Å². The molecule has 0 atom stereocenters. The maximum atomic E-state index is 6.03. The van der Waals surface area contributed by atoms with E-state index in [4.69, 9.17) is 4.74 Å². The molecule has 0 bridgehead atoms. The summed E-state index contributed by atoms with van der Waals surface area (Å²) < 4.78 is 8.37. The van der Waals surface area contributed by atoms with Gasteiger partial charge in [-0.2, -0.15) is 0 Å². The van der Waals surface area contributed by atoms with E-state index in [-0.39, 0.29) is 17.0 Å². The maximum absolute atomic E-state index is 6.03. The predicted octanol–water partition coefficient (Wildman–Crippen LogP) is 13.1. The first kappa shape index (κ1) is 48.4. The number of benzene rings is 1. The maximum Gasteiger partial charge on any atom is 0.169 e. The summed E-state index contributed by atoms with van der Waals surface area (Å²) in [6.07, 6.45) is 54.1. The molecule has 3 heteroatoms. The van der Waals surface area contributed by atoms with Crippen molar-refractivity contribution in [3.63, 3.8) is 0 Å². The van der Waals surface area contributed by atoms with Crippen LogP contribution in [0.15, 0.2) is 48.8 Å². The van der Waals surface area contributed by atoms with Crippen molar-refractivity contribution < 1.29 is 26.3 Å². The van der Waals surface area contributed by atoms with Gasteiger partial charge >= 0.3 is 0 Å². The van der Waals surface area contributed by atoms with Gasteiger partial charge in [-0.05, 0) is 36.1 Å². The first-order chi connectivity index (χ1) is 25.3. The number of halogens is 1. The smallest absolute Gasteiger partial charge is 0.169 e. The van der Waals surface area contributed by atoms with Crippen molar-refractivity contribution in [1.82, 2.24) is 0 Å². The van der Waals surface area contributed by atoms with Gasteiger partial charge < -0.3 is 21.7 Å². The zero-order valence-corrected chi connectivity index (χ0v) is 36.1. The summed E-state index contributed by atoms with van der Waals surface area (Å²) in [5, 5.41) is 0. The van der Waals surface area contributed by atoms with E-state index in [0.29, 0.717) is 0 Å². The molecule has 298 valence electrons. The molecule has 0 aliphatic carbocycles. The van der Waals surface area contributed by atoms with E-state index < -0.39 is 0 Å². The van der Waals surface area contributed by atoms with Gasteiger partial charge in [0, 0.05) is 18.6 Å². The number of hydrogen-bond acceptors (Lipinski definition) is 1. The van der Waals surface area contributed by atoms with Crippen molar-refractivity contribution in [2.45, 2.75) is 226 Å². The highest BCUT2D eigenvalue weighted by Gasteiger charge is 2.01. The number of rotatable bonds is 37. The van der Waals surface area contributed by atoms with Gasteiger partial charge in [0.05, 0.1) is 6.61 Å². The van der Waals surface area contributed by atoms with Crippen LogP contribution in [0, 0.1) is 0 Å². The van der Waals surface area contributed by atoms with Gasteiger partial charge in [-0.3, -0.25) is 0 Å². The number of unbranched alkanes of at least 4 members (excludes halogenated alkanes) is 30. The highest BCUT2D eigenvalue weighted by molar-refractivity contribution is 5.69. The summed E-state index contributed by atoms with van der Waals surface area (Å²) in [6, 6.07) is 13.0. The number of aromatic nitrogens is 1. The minimum Gasteiger partial charge on any atom is -1.00 e. The van der Waals surface area contributed by atoms with Gasteiger partial charge in [0.25, 0.3) is 0 Å². The Morgan fingerprint density at radius 1 is 0.385 bits per heavy atom. The number of hydrogen-bond donors (Lipinski definition) is 0. The molecule has 0 N–H and O–H groups in total. The van der Waals surface area contributed by atoms with Crippen LogP contribution in [0.4, 0.5) is 0 Å². The molecule has 0 saturated heterocycles. The third kappa shape index (κ3) is 29.8. The summed E-state index contributed by atoms with van der Waals surface area (Å²) in [6.45, 7) is 6.56. The molecular weight excluding hydrogens is 698 g/mol. The minimum atomic E-state index is 0. The van der Waals surface area contributed by atoms with Crippen LogP contribution in [0.5, 0.6) is 5.75 Å². The van der Waals surface area contributed by atoms with Crippen LogP contribution in [0.2, 0.25) is 0 Å². The molecule has 2 aromatic rings. The molecule has 0 aliphatic heterocycles. The molecule has 0 saturated carbocycles. The molecule has 0 unspecified atom stereocenters. The van der Waals surface area contributed by atoms with Gasteiger partial charge in [0.1, 0.15) is 12.3 Å². The van der Waals surface area contributed by atoms with Gasteiger partial charge in [-0.1, -0.05) is 224 Å². The summed E-state index contributed by atoms with van der Waals surface area (Å²) in [5.41, 5.74) is 2.47. The van der Waals surface area contributed by atoms with E-state index in [0.717, 1.165) is 25.3 Å². The molecule has 0 radical (unpaired) electrons. The first-order valence-electron chi connectivity index (χ1n) is 22.7. The molecule has 0 amide bonds. The zero-order chi connectivity index (χ0) is 36.1. The quantitative estimate of drug-likeness (QED) is 0.0491. The van der Waals surface area contributed by atoms with Crippen LogP contribution < -0.4 is 26.3 Å². The van der Waals surface area contributed by atoms with Crippen LogP contribution in [0.3, 0.4) is 0 Å². The Morgan fingerprint density at radius 2 is 0.692 bits per heavy atom. The largest absolute Gasteiger partial charge is 1.00 e. The molecular formula is C49H84BrNO. The fraction of sp³-hybridized carbons (Fsp3) is 0.735. The lowest BCUT2D eigenvalue weighted by Gasteiger charge is -2.07. The number of nitrogens with zero attached hydrogens (tertiary/aromatic N) is 1. The van der Waals surface area contributed by atoms with Crippen molar-refractivity contribution in [3.05, 3.63) is 59.9 Å². The van der Waals surface area contributed by atoms with Crippen molar-refractivity contribution in [2.24, 2.45) is 0 Å². The molecule has 0 aliphatic rings. The molecule has 52 heavy (non-hydrogen) atoms. The van der Waals surface area contributed by atoms with E-state index in [1.54, 1.807) is 0 Å². The second-order valence-electron chi connectivity index (χ2n) is 15.7. The summed E-state index contributed by atoms with van der Waals surface area (Å²) in [5.74, 6) is 0.989. The van der Waals surface area contributed by atoms with E-state index in [1.165, 1.54) is 210 Å². The average molecular weight is 783 g/mol. The molecule has 0 spiro atoms. The van der Waals surface area contributed by atoms with E-state index in [2.05, 4.69) is 79.4 Å². The Morgan fingerprint density at radius 3 is 1.06 bits per heavy atom. The Labute approximate surface area is 335 Å². The molecule has 1 aromatic carbocycles. The zero-order valence-electron chi connectivity index (χ0n) is 34.5. The summed E-state index contributed by atoms with van der Waals surface area (Å²) in [7, 11) is 0. The fourth-order valence-electron chi connectivity index (χ4n) is 7.28. The Balaban J connectivity index is 0.0000135. The Hall–Kier alpha value is -1.61. The lowest BCUT2D eigenvalue weighted by atomic mass is 10.0. The SMILES string of the molecule is CCCCCCCCCCCCCCCCCCCCCCOc1ccc(C=Cc2cc[n+](CCCCCCCCCCCCCC)cc2)cc1.[Br-].